The molecule has 204 valence electrons. The summed E-state index contributed by atoms with van der Waals surface area (Å²) in [6, 6.07) is 0. The maximum absolute atomic E-state index is 13.2. The Morgan fingerprint density at radius 2 is 1.67 bits per heavy atom. The van der Waals surface area contributed by atoms with Crippen molar-refractivity contribution in [1.82, 2.24) is 0 Å². The molecule has 36 heavy (non-hydrogen) atoms. The lowest BCUT2D eigenvalue weighted by Crippen LogP contribution is -2.58. The van der Waals surface area contributed by atoms with E-state index in [1.165, 1.54) is 6.42 Å². The molecule has 1 saturated heterocycles. The Balaban J connectivity index is 1.55. The van der Waals surface area contributed by atoms with Crippen LogP contribution in [0.25, 0.3) is 0 Å². The van der Waals surface area contributed by atoms with Crippen molar-refractivity contribution in [3.8, 4) is 0 Å². The highest BCUT2D eigenvalue weighted by Crippen LogP contribution is 2.71. The van der Waals surface area contributed by atoms with E-state index < -0.39 is 16.6 Å². The van der Waals surface area contributed by atoms with Crippen molar-refractivity contribution in [3.05, 3.63) is 11.6 Å². The summed E-state index contributed by atoms with van der Waals surface area (Å²) in [5.74, 6) is 2.14. The van der Waals surface area contributed by atoms with Gasteiger partial charge in [0.05, 0.1) is 12.0 Å². The lowest BCUT2D eigenvalue weighted by Gasteiger charge is -2.54. The minimum absolute atomic E-state index is 0.0141. The van der Waals surface area contributed by atoms with Gasteiger partial charge in [-0.25, -0.2) is 0 Å². The Hall–Kier alpha value is -0.436. The monoisotopic (exact) mass is 532 g/mol. The lowest BCUT2D eigenvalue weighted by atomic mass is 9.55. The third-order valence-electron chi connectivity index (χ3n) is 12.1. The average molecular weight is 533 g/mol. The van der Waals surface area contributed by atoms with Gasteiger partial charge in [0.25, 0.3) is 0 Å². The quantitative estimate of drug-likeness (QED) is 0.207. The van der Waals surface area contributed by atoms with Crippen molar-refractivity contribution in [2.75, 3.05) is 6.61 Å². The normalized spacial score (nSPS) is 40.4. The van der Waals surface area contributed by atoms with E-state index in [2.05, 4.69) is 73.8 Å². The molecule has 8 atom stereocenters. The van der Waals surface area contributed by atoms with Crippen LogP contribution < -0.4 is 0 Å². The van der Waals surface area contributed by atoms with Crippen LogP contribution in [-0.2, 0) is 18.4 Å². The maximum atomic E-state index is 13.2. The van der Waals surface area contributed by atoms with Crippen molar-refractivity contribution in [2.45, 2.75) is 129 Å². The average Bonchev–Trinajstić information content (AvgIpc) is 3.35. The minimum Gasteiger partial charge on any atom is -0.462 e. The summed E-state index contributed by atoms with van der Waals surface area (Å²) in [5, 5.41) is 0.387. The fraction of sp³-hybridized carbons (Fsp3) is 0.900. The second kappa shape index (κ2) is 8.53. The van der Waals surface area contributed by atoms with E-state index in [9.17, 15) is 4.79 Å². The van der Waals surface area contributed by atoms with Crippen LogP contribution in [0.1, 0.15) is 80.1 Å². The van der Waals surface area contributed by atoms with E-state index in [0.29, 0.717) is 23.7 Å². The van der Waals surface area contributed by atoms with Gasteiger partial charge in [-0.05, 0) is 92.5 Å². The third-order valence-corrected chi connectivity index (χ3v) is 21.1. The summed E-state index contributed by atoms with van der Waals surface area (Å²) in [5.41, 5.74) is 1.65. The summed E-state index contributed by atoms with van der Waals surface area (Å²) in [7, 11) is -3.81. The highest BCUT2D eigenvalue weighted by Gasteiger charge is 2.71. The summed E-state index contributed by atoms with van der Waals surface area (Å²) in [6.07, 6.45) is 9.22. The predicted molar refractivity (Wildman–Crippen MR) is 151 cm³/mol. The number of ether oxygens (including phenoxy) is 1. The number of hydrogen-bond donors (Lipinski definition) is 0. The predicted octanol–water partition coefficient (Wildman–Crippen LogP) is 7.71. The summed E-state index contributed by atoms with van der Waals surface area (Å²) < 4.78 is 20.5. The van der Waals surface area contributed by atoms with E-state index in [4.69, 9.17) is 13.6 Å². The van der Waals surface area contributed by atoms with Crippen LogP contribution in [0.15, 0.2) is 11.6 Å². The first-order chi connectivity index (χ1) is 16.5. The zero-order chi connectivity index (χ0) is 26.5. The van der Waals surface area contributed by atoms with Crippen LogP contribution in [0.3, 0.4) is 0 Å². The Kier molecular flexibility index (Phi) is 6.43. The molecule has 0 aromatic heterocycles. The number of esters is 1. The van der Waals surface area contributed by atoms with Crippen molar-refractivity contribution < 1.29 is 18.4 Å². The zero-order valence-electron chi connectivity index (χ0n) is 24.7. The van der Waals surface area contributed by atoms with Gasteiger partial charge in [-0.3, -0.25) is 4.79 Å². The first-order valence-corrected chi connectivity index (χ1v) is 20.5. The topological polar surface area (TPSA) is 44.8 Å². The maximum Gasteiger partial charge on any atom is 0.309 e. The molecule has 1 spiro atoms. The summed E-state index contributed by atoms with van der Waals surface area (Å²) in [6.45, 7) is 24.5. The molecule has 5 rings (SSSR count). The molecule has 0 amide bonds. The Labute approximate surface area is 222 Å². The molecule has 0 N–H and O–H groups in total. The second-order valence-electron chi connectivity index (χ2n) is 15.9. The highest BCUT2D eigenvalue weighted by atomic mass is 28.4. The molecule has 5 aliphatic rings. The van der Waals surface area contributed by atoms with Crippen LogP contribution in [-0.4, -0.2) is 41.4 Å². The van der Waals surface area contributed by atoms with E-state index >= 15 is 0 Å². The molecule has 4 fully saturated rings. The molecule has 1 heterocycles. The Bertz CT molecular complexity index is 926. The van der Waals surface area contributed by atoms with Gasteiger partial charge in [-0.2, -0.15) is 0 Å². The van der Waals surface area contributed by atoms with E-state index in [-0.39, 0.29) is 39.6 Å². The van der Waals surface area contributed by atoms with Gasteiger partial charge >= 0.3 is 5.97 Å². The molecule has 0 aromatic rings. The van der Waals surface area contributed by atoms with Gasteiger partial charge in [0, 0.05) is 17.9 Å². The first-order valence-electron chi connectivity index (χ1n) is 14.7. The SMILES string of the molecule is CC(C)(C)[Si](C)(C)OC[C@@H]1CC23C(O[Si](C)(C)C(C)(C)C)CCC4OC(=O)[C@H](CCC5=CC[C@H]1[C@@H]52)C43. The highest BCUT2D eigenvalue weighted by molar-refractivity contribution is 6.74. The molecule has 4 aliphatic carbocycles. The number of carbonyl (C=O) groups is 1. The summed E-state index contributed by atoms with van der Waals surface area (Å²) in [4.78, 5) is 13.2. The van der Waals surface area contributed by atoms with Gasteiger partial charge in [0.2, 0.25) is 0 Å². The molecular weight excluding hydrogens is 480 g/mol. The van der Waals surface area contributed by atoms with Gasteiger partial charge in [0.15, 0.2) is 16.6 Å². The molecule has 4 unspecified atom stereocenters. The summed E-state index contributed by atoms with van der Waals surface area (Å²) >= 11 is 0. The molecular formula is C30H52O4Si2. The van der Waals surface area contributed by atoms with E-state index in [1.54, 1.807) is 5.57 Å². The van der Waals surface area contributed by atoms with Crippen molar-refractivity contribution >= 4 is 22.6 Å². The third kappa shape index (κ3) is 3.98. The van der Waals surface area contributed by atoms with Crippen LogP contribution in [0.2, 0.25) is 36.3 Å². The Morgan fingerprint density at radius 1 is 1.00 bits per heavy atom. The second-order valence-corrected chi connectivity index (χ2v) is 25.5. The largest absolute Gasteiger partial charge is 0.462 e. The van der Waals surface area contributed by atoms with E-state index in [0.717, 1.165) is 38.7 Å². The Morgan fingerprint density at radius 3 is 2.31 bits per heavy atom. The molecule has 4 nitrogen and oxygen atoms in total. The van der Waals surface area contributed by atoms with E-state index in [1.807, 2.05) is 0 Å². The van der Waals surface area contributed by atoms with Gasteiger partial charge in [0.1, 0.15) is 6.10 Å². The molecule has 0 bridgehead atoms. The van der Waals surface area contributed by atoms with Crippen molar-refractivity contribution in [2.24, 2.45) is 35.0 Å². The van der Waals surface area contributed by atoms with Gasteiger partial charge < -0.3 is 13.6 Å². The van der Waals surface area contributed by atoms with Crippen LogP contribution >= 0.6 is 0 Å². The molecule has 3 saturated carbocycles. The number of carbonyl (C=O) groups excluding carboxylic acids is 1. The van der Waals surface area contributed by atoms with Crippen molar-refractivity contribution in [1.29, 1.82) is 0 Å². The van der Waals surface area contributed by atoms with Crippen molar-refractivity contribution in [3.63, 3.8) is 0 Å². The van der Waals surface area contributed by atoms with Gasteiger partial charge in [-0.15, -0.1) is 0 Å². The smallest absolute Gasteiger partial charge is 0.309 e. The fourth-order valence-electron chi connectivity index (χ4n) is 8.21. The molecule has 6 heteroatoms. The minimum atomic E-state index is -1.98. The molecule has 0 radical (unpaired) electrons. The first kappa shape index (κ1) is 27.1. The van der Waals surface area contributed by atoms with Gasteiger partial charge in [-0.1, -0.05) is 53.2 Å². The molecule has 0 aromatic carbocycles. The fourth-order valence-corrected chi connectivity index (χ4v) is 10.7. The number of rotatable bonds is 5. The zero-order valence-corrected chi connectivity index (χ0v) is 26.7. The number of allylic oxidation sites excluding steroid dienone is 2. The van der Waals surface area contributed by atoms with Crippen LogP contribution in [0, 0.1) is 35.0 Å². The standard InChI is InChI=1S/C30H52O4Si2/c1-28(2,3)35(7,8)32-18-20-17-30-24(34-36(9,10)29(4,5)6)16-15-23-26(30)22(27(31)33-23)14-12-19-11-13-21(20)25(19)30/h11,20-26H,12-18H2,1-10H3/t20-,21+,22+,23?,24?,25+,26?,30?/m0/s1. The lowest BCUT2D eigenvalue weighted by molar-refractivity contribution is -0.146. The van der Waals surface area contributed by atoms with Crippen LogP contribution in [0.4, 0.5) is 0 Å². The van der Waals surface area contributed by atoms with Crippen LogP contribution in [0.5, 0.6) is 0 Å². The molecule has 1 aliphatic heterocycles. The number of hydrogen-bond acceptors (Lipinski definition) is 4.